The van der Waals surface area contributed by atoms with Crippen LogP contribution in [0, 0.1) is 20.8 Å². The zero-order valence-electron chi connectivity index (χ0n) is 15.0. The molecule has 0 radical (unpaired) electrons. The van der Waals surface area contributed by atoms with Crippen LogP contribution in [0.15, 0.2) is 35.2 Å². The topological polar surface area (TPSA) is 75.4 Å². The smallest absolute Gasteiger partial charge is 0.261 e. The van der Waals surface area contributed by atoms with Gasteiger partial charge >= 0.3 is 0 Å². The van der Waals surface area contributed by atoms with Crippen molar-refractivity contribution in [2.45, 2.75) is 38.5 Å². The number of nitrogens with one attached hydrogen (secondary N) is 1. The lowest BCUT2D eigenvalue weighted by Crippen LogP contribution is -2.22. The predicted octanol–water partition coefficient (Wildman–Crippen LogP) is 3.60. The van der Waals surface area contributed by atoms with Crippen LogP contribution in [0.5, 0.6) is 0 Å². The lowest BCUT2D eigenvalue weighted by atomic mass is 10.0. The number of rotatable bonds is 4. The Kier molecular flexibility index (Phi) is 4.64. The molecule has 0 aromatic heterocycles. The van der Waals surface area contributed by atoms with Gasteiger partial charge in [0.25, 0.3) is 10.0 Å². The average Bonchev–Trinajstić information content (AvgIpc) is 3.06. The molecule has 0 unspecified atom stereocenters. The van der Waals surface area contributed by atoms with Gasteiger partial charge in [0.1, 0.15) is 0 Å². The molecule has 5 nitrogen and oxygen atoms in total. The van der Waals surface area contributed by atoms with Crippen molar-refractivity contribution in [3.8, 4) is 0 Å². The third-order valence-electron chi connectivity index (χ3n) is 4.78. The Hall–Kier alpha value is -2.21. The molecule has 25 heavy (non-hydrogen) atoms. The van der Waals surface area contributed by atoms with Crippen LogP contribution in [0.1, 0.15) is 29.5 Å². The highest BCUT2D eigenvalue weighted by atomic mass is 32.2. The van der Waals surface area contributed by atoms with E-state index in [0.717, 1.165) is 29.9 Å². The van der Waals surface area contributed by atoms with E-state index in [-0.39, 0.29) is 4.90 Å². The van der Waals surface area contributed by atoms with Crippen LogP contribution < -0.4 is 15.4 Å². The summed E-state index contributed by atoms with van der Waals surface area (Å²) in [6, 6.07) is 8.30. The summed E-state index contributed by atoms with van der Waals surface area (Å²) in [6.45, 7) is 8.07. The van der Waals surface area contributed by atoms with Gasteiger partial charge in [-0.2, -0.15) is 0 Å². The molecule has 1 aliphatic heterocycles. The van der Waals surface area contributed by atoms with E-state index in [1.54, 1.807) is 12.1 Å². The summed E-state index contributed by atoms with van der Waals surface area (Å²) < 4.78 is 28.3. The summed E-state index contributed by atoms with van der Waals surface area (Å²) in [5, 5.41) is 0. The molecule has 134 valence electrons. The molecule has 0 amide bonds. The quantitative estimate of drug-likeness (QED) is 0.818. The van der Waals surface area contributed by atoms with E-state index in [2.05, 4.69) is 22.6 Å². The van der Waals surface area contributed by atoms with Crippen molar-refractivity contribution in [1.29, 1.82) is 0 Å². The van der Waals surface area contributed by atoms with E-state index >= 15 is 0 Å². The van der Waals surface area contributed by atoms with E-state index in [0.29, 0.717) is 11.4 Å². The summed E-state index contributed by atoms with van der Waals surface area (Å²) in [5.74, 6) is 0. The maximum atomic E-state index is 12.8. The third kappa shape index (κ3) is 3.44. The first-order valence-corrected chi connectivity index (χ1v) is 10.0. The summed E-state index contributed by atoms with van der Waals surface area (Å²) in [7, 11) is -3.65. The van der Waals surface area contributed by atoms with E-state index in [1.807, 2.05) is 13.8 Å². The van der Waals surface area contributed by atoms with Gasteiger partial charge in [-0.1, -0.05) is 6.07 Å². The second-order valence-electron chi connectivity index (χ2n) is 6.73. The van der Waals surface area contributed by atoms with Crippen LogP contribution >= 0.6 is 0 Å². The first-order valence-electron chi connectivity index (χ1n) is 8.54. The summed E-state index contributed by atoms with van der Waals surface area (Å²) in [5.41, 5.74) is 11.1. The van der Waals surface area contributed by atoms with E-state index < -0.39 is 10.0 Å². The van der Waals surface area contributed by atoms with Crippen molar-refractivity contribution in [3.63, 3.8) is 0 Å². The van der Waals surface area contributed by atoms with Crippen molar-refractivity contribution in [2.24, 2.45) is 0 Å². The Labute approximate surface area is 149 Å². The molecule has 6 heteroatoms. The summed E-state index contributed by atoms with van der Waals surface area (Å²) in [4.78, 5) is 2.56. The predicted molar refractivity (Wildman–Crippen MR) is 104 cm³/mol. The van der Waals surface area contributed by atoms with Crippen molar-refractivity contribution < 1.29 is 8.42 Å². The molecule has 3 N–H and O–H groups in total. The van der Waals surface area contributed by atoms with Crippen molar-refractivity contribution >= 4 is 27.1 Å². The standard InChI is InChI=1S/C19H25N3O2S/c1-13-12-14(2)19(22-10-4-5-11-22)15(3)18(13)21-25(23,24)17-8-6-16(20)7-9-17/h6-9,12,21H,4-5,10-11,20H2,1-3H3. The average molecular weight is 359 g/mol. The molecule has 0 atom stereocenters. The Morgan fingerprint density at radius 3 is 2.20 bits per heavy atom. The molecular formula is C19H25N3O2S. The lowest BCUT2D eigenvalue weighted by Gasteiger charge is -2.26. The molecule has 1 fully saturated rings. The first kappa shape index (κ1) is 17.6. The number of sulfonamides is 1. The molecule has 3 rings (SSSR count). The fraction of sp³-hybridized carbons (Fsp3) is 0.368. The van der Waals surface area contributed by atoms with Gasteiger partial charge in [-0.25, -0.2) is 8.42 Å². The molecular weight excluding hydrogens is 334 g/mol. The van der Waals surface area contributed by atoms with Gasteiger partial charge in [0.2, 0.25) is 0 Å². The highest BCUT2D eigenvalue weighted by Crippen LogP contribution is 2.36. The van der Waals surface area contributed by atoms with Gasteiger partial charge < -0.3 is 10.6 Å². The SMILES string of the molecule is Cc1cc(C)c(N2CCCC2)c(C)c1NS(=O)(=O)c1ccc(N)cc1. The number of aryl methyl sites for hydroxylation is 2. The van der Waals surface area contributed by atoms with Gasteiger partial charge in [-0.05, 0) is 74.6 Å². The largest absolute Gasteiger partial charge is 0.399 e. The fourth-order valence-corrected chi connectivity index (χ4v) is 4.79. The monoisotopic (exact) mass is 359 g/mol. The fourth-order valence-electron chi connectivity index (χ4n) is 3.60. The van der Waals surface area contributed by atoms with Crippen molar-refractivity contribution in [1.82, 2.24) is 0 Å². The van der Waals surface area contributed by atoms with Gasteiger partial charge in [0, 0.05) is 24.5 Å². The number of anilines is 3. The molecule has 0 saturated carbocycles. The molecule has 0 spiro atoms. The molecule has 1 aliphatic rings. The highest BCUT2D eigenvalue weighted by molar-refractivity contribution is 7.92. The lowest BCUT2D eigenvalue weighted by molar-refractivity contribution is 0.601. The number of nitrogens with zero attached hydrogens (tertiary/aromatic N) is 1. The van der Waals surface area contributed by atoms with Crippen LogP contribution in [0.2, 0.25) is 0 Å². The van der Waals surface area contributed by atoms with Gasteiger partial charge in [-0.3, -0.25) is 4.72 Å². The number of benzene rings is 2. The van der Waals surface area contributed by atoms with Gasteiger partial charge in [0.05, 0.1) is 10.6 Å². The van der Waals surface area contributed by atoms with Crippen LogP contribution in [0.4, 0.5) is 17.1 Å². The highest BCUT2D eigenvalue weighted by Gasteiger charge is 2.22. The number of nitrogen functional groups attached to an aromatic ring is 1. The van der Waals surface area contributed by atoms with Crippen molar-refractivity contribution in [2.75, 3.05) is 28.4 Å². The first-order chi connectivity index (χ1) is 11.8. The van der Waals surface area contributed by atoms with E-state index in [4.69, 9.17) is 5.73 Å². The number of hydrogen-bond donors (Lipinski definition) is 2. The van der Waals surface area contributed by atoms with Crippen LogP contribution in [-0.2, 0) is 10.0 Å². The zero-order chi connectivity index (χ0) is 18.2. The Morgan fingerprint density at radius 2 is 1.60 bits per heavy atom. The maximum absolute atomic E-state index is 12.8. The molecule has 2 aromatic rings. The third-order valence-corrected chi connectivity index (χ3v) is 6.15. The van der Waals surface area contributed by atoms with E-state index in [9.17, 15) is 8.42 Å². The van der Waals surface area contributed by atoms with Crippen LogP contribution in [0.25, 0.3) is 0 Å². The maximum Gasteiger partial charge on any atom is 0.261 e. The molecule has 0 aliphatic carbocycles. The second kappa shape index (κ2) is 6.59. The minimum Gasteiger partial charge on any atom is -0.399 e. The Balaban J connectivity index is 2.02. The Bertz CT molecular complexity index is 884. The number of hydrogen-bond acceptors (Lipinski definition) is 4. The zero-order valence-corrected chi connectivity index (χ0v) is 15.8. The van der Waals surface area contributed by atoms with Crippen LogP contribution in [-0.4, -0.2) is 21.5 Å². The minimum absolute atomic E-state index is 0.212. The molecule has 0 bridgehead atoms. The van der Waals surface area contributed by atoms with E-state index in [1.165, 1.54) is 30.5 Å². The molecule has 1 saturated heterocycles. The molecule has 1 heterocycles. The summed E-state index contributed by atoms with van der Waals surface area (Å²) in [6.07, 6.45) is 2.36. The van der Waals surface area contributed by atoms with Gasteiger partial charge in [0.15, 0.2) is 0 Å². The number of nitrogens with two attached hydrogens (primary N) is 1. The summed E-state index contributed by atoms with van der Waals surface area (Å²) >= 11 is 0. The normalized spacial score (nSPS) is 14.8. The van der Waals surface area contributed by atoms with Gasteiger partial charge in [-0.15, -0.1) is 0 Å². The van der Waals surface area contributed by atoms with Crippen molar-refractivity contribution in [3.05, 3.63) is 47.0 Å². The molecule has 2 aromatic carbocycles. The minimum atomic E-state index is -3.65. The van der Waals surface area contributed by atoms with Crippen LogP contribution in [0.3, 0.4) is 0 Å². The Morgan fingerprint density at radius 1 is 1.00 bits per heavy atom. The second-order valence-corrected chi connectivity index (χ2v) is 8.41.